The Morgan fingerprint density at radius 2 is 2.02 bits per heavy atom. The number of aryl methyl sites for hydroxylation is 1. The number of nitrogens with two attached hydrogens (primary N) is 1. The average Bonchev–Trinajstić information content (AvgIpc) is 3.69. The van der Waals surface area contributed by atoms with E-state index in [4.69, 9.17) is 10.5 Å². The lowest BCUT2D eigenvalue weighted by Gasteiger charge is -2.31. The number of anilines is 2. The van der Waals surface area contributed by atoms with Gasteiger partial charge in [0, 0.05) is 45.3 Å². The first-order valence-corrected chi connectivity index (χ1v) is 14.7. The van der Waals surface area contributed by atoms with Crippen molar-refractivity contribution in [3.05, 3.63) is 41.9 Å². The average molecular weight is 633 g/mol. The van der Waals surface area contributed by atoms with Gasteiger partial charge < -0.3 is 20.3 Å². The van der Waals surface area contributed by atoms with Crippen molar-refractivity contribution in [3.8, 4) is 17.4 Å². The molecular weight excluding hydrogens is 599 g/mol. The van der Waals surface area contributed by atoms with Crippen molar-refractivity contribution in [2.45, 2.75) is 56.5 Å². The summed E-state index contributed by atoms with van der Waals surface area (Å²) in [5, 5.41) is 0.124. The molecule has 3 saturated heterocycles. The Bertz CT molecular complexity index is 1670. The number of pyridine rings is 2. The zero-order valence-electron chi connectivity index (χ0n) is 24.9. The van der Waals surface area contributed by atoms with E-state index in [-0.39, 0.29) is 59.1 Å². The number of halogens is 5. The number of hydrogen-bond donors (Lipinski definition) is 1. The van der Waals surface area contributed by atoms with Crippen LogP contribution < -0.4 is 15.4 Å². The van der Waals surface area contributed by atoms with Gasteiger partial charge in [-0.3, -0.25) is 14.7 Å². The molecule has 0 bridgehead atoms. The topological polar surface area (TPSA) is 114 Å². The molecule has 3 aliphatic rings. The van der Waals surface area contributed by atoms with Gasteiger partial charge in [0.2, 0.25) is 5.91 Å². The predicted octanol–water partition coefficient (Wildman–Crippen LogP) is 4.31. The van der Waals surface area contributed by atoms with Gasteiger partial charge in [-0.1, -0.05) is 6.58 Å². The fourth-order valence-corrected chi connectivity index (χ4v) is 6.96. The highest BCUT2D eigenvalue weighted by molar-refractivity contribution is 5.92. The van der Waals surface area contributed by atoms with Gasteiger partial charge in [-0.25, -0.2) is 13.8 Å². The van der Waals surface area contributed by atoms with Crippen LogP contribution in [0.3, 0.4) is 0 Å². The van der Waals surface area contributed by atoms with Gasteiger partial charge in [0.15, 0.2) is 5.82 Å². The van der Waals surface area contributed by atoms with Gasteiger partial charge in [0.25, 0.3) is 0 Å². The van der Waals surface area contributed by atoms with Gasteiger partial charge in [-0.05, 0) is 50.4 Å². The van der Waals surface area contributed by atoms with Crippen LogP contribution in [-0.2, 0) is 11.0 Å². The first-order valence-electron chi connectivity index (χ1n) is 14.7. The predicted molar refractivity (Wildman–Crippen MR) is 157 cm³/mol. The second-order valence-corrected chi connectivity index (χ2v) is 12.0. The number of amides is 1. The van der Waals surface area contributed by atoms with Crippen LogP contribution in [0.15, 0.2) is 24.9 Å². The lowest BCUT2D eigenvalue weighted by atomic mass is 9.95. The van der Waals surface area contributed by atoms with Gasteiger partial charge in [-0.2, -0.15) is 23.1 Å². The Balaban J connectivity index is 1.46. The van der Waals surface area contributed by atoms with Crippen LogP contribution in [0.5, 0.6) is 6.01 Å². The summed E-state index contributed by atoms with van der Waals surface area (Å²) in [5.41, 5.74) is 2.07. The van der Waals surface area contributed by atoms with E-state index >= 15 is 4.39 Å². The van der Waals surface area contributed by atoms with E-state index < -0.39 is 40.7 Å². The molecule has 2 N–H and O–H groups in total. The van der Waals surface area contributed by atoms with Gasteiger partial charge in [0.1, 0.15) is 41.3 Å². The number of carbonyl (C=O) groups excluding carboxylic acids is 1. The number of likely N-dealkylation sites (N-methyl/N-ethyl adjacent to an activating group) is 1. The summed E-state index contributed by atoms with van der Waals surface area (Å²) in [6.07, 6.45) is -0.989. The molecule has 0 radical (unpaired) electrons. The molecular formula is C30H33F5N8O2. The molecule has 15 heteroatoms. The van der Waals surface area contributed by atoms with E-state index in [0.717, 1.165) is 19.0 Å². The standard InChI is InChI=1S/C30H33F5N8O2/c1-4-21(44)42-9-6-18(14-42)41(3)27-19-12-37-26(25-22(30(33,34)35)16(2)10-20(36)38-25)23(32)24(19)39-28(40-27)45-15-29-7-5-8-43(29)13-17(31)11-29/h4,10,12,17-18H,1,5-9,11,13-15H2,2-3H3,(H2,36,38)/t17-,18-,29+/m1/s1. The lowest BCUT2D eigenvalue weighted by molar-refractivity contribution is -0.137. The number of nitrogen functional groups attached to an aromatic ring is 1. The Morgan fingerprint density at radius 1 is 1.24 bits per heavy atom. The summed E-state index contributed by atoms with van der Waals surface area (Å²) < 4.78 is 79.2. The summed E-state index contributed by atoms with van der Waals surface area (Å²) in [4.78, 5) is 34.5. The van der Waals surface area contributed by atoms with Gasteiger partial charge >= 0.3 is 12.2 Å². The van der Waals surface area contributed by atoms with E-state index in [2.05, 4.69) is 26.5 Å². The van der Waals surface area contributed by atoms with Crippen molar-refractivity contribution < 1.29 is 31.5 Å². The van der Waals surface area contributed by atoms with Gasteiger partial charge in [0.05, 0.1) is 16.5 Å². The maximum Gasteiger partial charge on any atom is 0.418 e. The second kappa shape index (κ2) is 11.3. The molecule has 3 aromatic heterocycles. The van der Waals surface area contributed by atoms with E-state index in [1.54, 1.807) is 16.8 Å². The molecule has 6 heterocycles. The zero-order chi connectivity index (χ0) is 32.3. The third-order valence-electron chi connectivity index (χ3n) is 9.15. The molecule has 3 aliphatic heterocycles. The van der Waals surface area contributed by atoms with Crippen molar-refractivity contribution in [1.29, 1.82) is 0 Å². The fraction of sp³-hybridized carbons (Fsp3) is 0.500. The Kier molecular flexibility index (Phi) is 7.78. The number of nitrogens with zero attached hydrogens (tertiary/aromatic N) is 7. The maximum atomic E-state index is 16.4. The molecule has 45 heavy (non-hydrogen) atoms. The van der Waals surface area contributed by atoms with E-state index in [0.29, 0.717) is 32.5 Å². The smallest absolute Gasteiger partial charge is 0.418 e. The second-order valence-electron chi connectivity index (χ2n) is 12.0. The number of likely N-dealkylation sites (tertiary alicyclic amines) is 1. The number of aromatic nitrogens is 4. The summed E-state index contributed by atoms with van der Waals surface area (Å²) in [7, 11) is 1.72. The summed E-state index contributed by atoms with van der Waals surface area (Å²) in [5.74, 6) is -1.40. The van der Waals surface area contributed by atoms with Crippen LogP contribution >= 0.6 is 0 Å². The lowest BCUT2D eigenvalue weighted by Crippen LogP contribution is -2.43. The molecule has 0 unspecified atom stereocenters. The zero-order valence-corrected chi connectivity index (χ0v) is 24.9. The first kappa shape index (κ1) is 30.9. The monoisotopic (exact) mass is 632 g/mol. The fourth-order valence-electron chi connectivity index (χ4n) is 6.96. The normalized spacial score (nSPS) is 23.5. The summed E-state index contributed by atoms with van der Waals surface area (Å²) in [6.45, 7) is 6.65. The summed E-state index contributed by atoms with van der Waals surface area (Å²) >= 11 is 0. The molecule has 3 atom stereocenters. The van der Waals surface area contributed by atoms with Crippen molar-refractivity contribution >= 4 is 28.4 Å². The molecule has 0 spiro atoms. The van der Waals surface area contributed by atoms with Crippen LogP contribution in [0.2, 0.25) is 0 Å². The summed E-state index contributed by atoms with van der Waals surface area (Å²) in [6, 6.07) is 0.614. The molecule has 1 amide bonds. The Morgan fingerprint density at radius 3 is 2.76 bits per heavy atom. The van der Waals surface area contributed by atoms with Crippen LogP contribution in [0.4, 0.5) is 33.6 Å². The minimum atomic E-state index is -4.87. The van der Waals surface area contributed by atoms with Crippen molar-refractivity contribution in [2.24, 2.45) is 0 Å². The molecule has 0 saturated carbocycles. The minimum Gasteiger partial charge on any atom is -0.461 e. The van der Waals surface area contributed by atoms with Crippen molar-refractivity contribution in [2.75, 3.05) is 50.5 Å². The third-order valence-corrected chi connectivity index (χ3v) is 9.15. The Labute approximate surface area is 256 Å². The molecule has 240 valence electrons. The SMILES string of the molecule is C=CC(=O)N1CC[C@@H](N(C)c2nc(OC[C@@]34CCCN3C[C@H](F)C4)nc3c(F)c(-c4nc(N)cc(C)c4C(F)(F)F)ncc23)C1. The number of ether oxygens (including phenoxy) is 1. The van der Waals surface area contributed by atoms with Crippen LogP contribution in [0, 0.1) is 12.7 Å². The maximum absolute atomic E-state index is 16.4. The number of hydrogen-bond acceptors (Lipinski definition) is 9. The quantitative estimate of drug-likeness (QED) is 0.301. The number of alkyl halides is 4. The molecule has 0 aromatic carbocycles. The number of rotatable bonds is 7. The van der Waals surface area contributed by atoms with E-state index in [1.807, 2.05) is 4.90 Å². The highest BCUT2D eigenvalue weighted by Crippen LogP contribution is 2.42. The van der Waals surface area contributed by atoms with Crippen LogP contribution in [-0.4, -0.2) is 93.2 Å². The highest BCUT2D eigenvalue weighted by Gasteiger charge is 2.49. The minimum absolute atomic E-state index is 0.0564. The largest absolute Gasteiger partial charge is 0.461 e. The van der Waals surface area contributed by atoms with Crippen LogP contribution in [0.1, 0.15) is 36.8 Å². The van der Waals surface area contributed by atoms with Crippen LogP contribution in [0.25, 0.3) is 22.3 Å². The van der Waals surface area contributed by atoms with Crippen molar-refractivity contribution in [3.63, 3.8) is 0 Å². The molecule has 0 aliphatic carbocycles. The molecule has 3 aromatic rings. The van der Waals surface area contributed by atoms with E-state index in [1.165, 1.54) is 19.2 Å². The molecule has 6 rings (SSSR count). The van der Waals surface area contributed by atoms with Crippen molar-refractivity contribution in [1.82, 2.24) is 29.7 Å². The number of carbonyl (C=O) groups is 1. The van der Waals surface area contributed by atoms with Gasteiger partial charge in [-0.15, -0.1) is 0 Å². The molecule has 10 nitrogen and oxygen atoms in total. The highest BCUT2D eigenvalue weighted by atomic mass is 19.4. The first-order chi connectivity index (χ1) is 21.3. The Hall–Kier alpha value is -4.14. The van der Waals surface area contributed by atoms with E-state index in [9.17, 15) is 22.4 Å². The molecule has 3 fully saturated rings. The number of fused-ring (bicyclic) bond motifs is 2. The third kappa shape index (κ3) is 5.51.